The third kappa shape index (κ3) is 6.27. The average molecular weight is 579 g/mol. The number of carboxylic acid groups (broad SMARTS) is 1. The first-order valence-electron chi connectivity index (χ1n) is 13.5. The highest BCUT2D eigenvalue weighted by Crippen LogP contribution is 2.33. The van der Waals surface area contributed by atoms with Crippen molar-refractivity contribution in [2.24, 2.45) is 0 Å². The number of likely N-dealkylation sites (tertiary alicyclic amines) is 1. The van der Waals surface area contributed by atoms with E-state index < -0.39 is 12.0 Å². The van der Waals surface area contributed by atoms with Crippen LogP contribution in [0.4, 0.5) is 0 Å². The summed E-state index contributed by atoms with van der Waals surface area (Å²) in [6.45, 7) is 6.41. The molecule has 41 heavy (non-hydrogen) atoms. The van der Waals surface area contributed by atoms with Gasteiger partial charge in [0.2, 0.25) is 11.8 Å². The number of aryl methyl sites for hydroxylation is 2. The van der Waals surface area contributed by atoms with Crippen LogP contribution in [0.15, 0.2) is 40.8 Å². The smallest absolute Gasteiger partial charge is 0.326 e. The largest absolute Gasteiger partial charge is 0.483 e. The summed E-state index contributed by atoms with van der Waals surface area (Å²) < 4.78 is 17.9. The first kappa shape index (κ1) is 28.4. The summed E-state index contributed by atoms with van der Waals surface area (Å²) in [4.78, 5) is 39.4. The van der Waals surface area contributed by atoms with Crippen molar-refractivity contribution < 1.29 is 28.6 Å². The van der Waals surface area contributed by atoms with Gasteiger partial charge in [0.25, 0.3) is 11.6 Å². The van der Waals surface area contributed by atoms with E-state index in [1.54, 1.807) is 0 Å². The minimum Gasteiger partial charge on any atom is -0.483 e. The van der Waals surface area contributed by atoms with E-state index in [1.165, 1.54) is 4.90 Å². The van der Waals surface area contributed by atoms with Crippen molar-refractivity contribution in [3.05, 3.63) is 63.9 Å². The van der Waals surface area contributed by atoms with Crippen LogP contribution in [0.3, 0.4) is 0 Å². The summed E-state index contributed by atoms with van der Waals surface area (Å²) in [7, 11) is 0. The Morgan fingerprint density at radius 1 is 1.10 bits per heavy atom. The maximum absolute atomic E-state index is 12.7. The molecule has 1 N–H and O–H groups in total. The van der Waals surface area contributed by atoms with Crippen molar-refractivity contribution in [3.63, 3.8) is 0 Å². The Balaban J connectivity index is 1.39. The summed E-state index contributed by atoms with van der Waals surface area (Å²) in [5, 5.41) is 10.0. The number of carboxylic acids is 1. The third-order valence-corrected chi connectivity index (χ3v) is 7.15. The number of halogens is 1. The van der Waals surface area contributed by atoms with Gasteiger partial charge in [-0.2, -0.15) is 9.97 Å². The molecule has 0 saturated carbocycles. The lowest BCUT2D eigenvalue weighted by molar-refractivity contribution is -0.149. The monoisotopic (exact) mass is 578 g/mol. The lowest BCUT2D eigenvalue weighted by Gasteiger charge is -2.22. The molecule has 2 aromatic carbocycles. The summed E-state index contributed by atoms with van der Waals surface area (Å²) in [5.41, 5.74) is 4.03. The molecule has 1 aliphatic heterocycles. The molecule has 3 heterocycles. The van der Waals surface area contributed by atoms with E-state index in [2.05, 4.69) is 15.0 Å². The first-order chi connectivity index (χ1) is 19.7. The maximum Gasteiger partial charge on any atom is 0.326 e. The van der Waals surface area contributed by atoms with Crippen LogP contribution in [-0.2, 0) is 16.0 Å². The number of oxazole rings is 1. The summed E-state index contributed by atoms with van der Waals surface area (Å²) in [6, 6.07) is 10.4. The van der Waals surface area contributed by atoms with E-state index in [-0.39, 0.29) is 12.5 Å². The fraction of sp³-hybridized carbons (Fsp3) is 0.367. The van der Waals surface area contributed by atoms with Crippen LogP contribution in [0.1, 0.15) is 48.7 Å². The molecule has 0 aliphatic carbocycles. The molecule has 5 rings (SSSR count). The molecule has 4 aromatic rings. The summed E-state index contributed by atoms with van der Waals surface area (Å²) in [6.07, 6.45) is 2.40. The van der Waals surface area contributed by atoms with Gasteiger partial charge in [0, 0.05) is 23.6 Å². The van der Waals surface area contributed by atoms with Crippen LogP contribution in [0.25, 0.3) is 22.7 Å². The molecule has 11 heteroatoms. The van der Waals surface area contributed by atoms with Crippen molar-refractivity contribution in [2.45, 2.75) is 52.5 Å². The Morgan fingerprint density at radius 3 is 2.51 bits per heavy atom. The second-order valence-corrected chi connectivity index (χ2v) is 10.5. The molecule has 10 nitrogen and oxygen atoms in total. The number of nitrogens with zero attached hydrogens (tertiary/aromatic N) is 4. The van der Waals surface area contributed by atoms with Gasteiger partial charge in [-0.1, -0.05) is 30.7 Å². The lowest BCUT2D eigenvalue weighted by atomic mass is 10.1. The summed E-state index contributed by atoms with van der Waals surface area (Å²) >= 11 is 6.02. The third-order valence-electron chi connectivity index (χ3n) is 6.90. The Hall–Kier alpha value is -4.18. The van der Waals surface area contributed by atoms with Crippen molar-refractivity contribution >= 4 is 34.7 Å². The van der Waals surface area contributed by atoms with Crippen molar-refractivity contribution in [1.82, 2.24) is 19.9 Å². The van der Waals surface area contributed by atoms with E-state index in [1.807, 2.05) is 57.2 Å². The van der Waals surface area contributed by atoms with Gasteiger partial charge in [0.15, 0.2) is 12.1 Å². The molecule has 0 unspecified atom stereocenters. The molecule has 1 aliphatic rings. The quantitative estimate of drug-likeness (QED) is 0.263. The van der Waals surface area contributed by atoms with Crippen LogP contribution in [0, 0.1) is 13.8 Å². The number of benzene rings is 2. The molecular weight excluding hydrogens is 548 g/mol. The van der Waals surface area contributed by atoms with Crippen LogP contribution >= 0.6 is 11.6 Å². The SMILES string of the molecule is CCCOc1nc(Cc2ccc(Cl)cc2)nc2oc(-c3cc(C)c(OCC(=O)N4CCC[C@H]4C(=O)O)c(C)c3)nc12. The second kappa shape index (κ2) is 12.1. The normalized spacial score (nSPS) is 14.9. The van der Waals surface area contributed by atoms with Crippen molar-refractivity contribution in [2.75, 3.05) is 19.8 Å². The number of ether oxygens (including phenoxy) is 2. The number of hydrogen-bond acceptors (Lipinski definition) is 8. The van der Waals surface area contributed by atoms with Gasteiger partial charge in [-0.15, -0.1) is 0 Å². The minimum absolute atomic E-state index is 0.238. The van der Waals surface area contributed by atoms with Gasteiger partial charge in [0.05, 0.1) is 6.61 Å². The number of hydrogen-bond donors (Lipinski definition) is 1. The minimum atomic E-state index is -0.990. The molecule has 1 fully saturated rings. The zero-order valence-corrected chi connectivity index (χ0v) is 23.9. The molecule has 0 spiro atoms. The highest BCUT2D eigenvalue weighted by molar-refractivity contribution is 6.30. The van der Waals surface area contributed by atoms with Crippen molar-refractivity contribution in [3.8, 4) is 23.1 Å². The Morgan fingerprint density at radius 2 is 1.83 bits per heavy atom. The fourth-order valence-electron chi connectivity index (χ4n) is 4.97. The number of fused-ring (bicyclic) bond motifs is 1. The highest BCUT2D eigenvalue weighted by atomic mass is 35.5. The van der Waals surface area contributed by atoms with E-state index >= 15 is 0 Å². The number of carbonyl (C=O) groups excluding carboxylic acids is 1. The van der Waals surface area contributed by atoms with Gasteiger partial charge in [-0.05, 0) is 74.1 Å². The van der Waals surface area contributed by atoms with Crippen LogP contribution in [0.2, 0.25) is 5.02 Å². The highest BCUT2D eigenvalue weighted by Gasteiger charge is 2.34. The lowest BCUT2D eigenvalue weighted by Crippen LogP contribution is -2.42. The topological polar surface area (TPSA) is 128 Å². The Kier molecular flexibility index (Phi) is 8.39. The zero-order valence-electron chi connectivity index (χ0n) is 23.1. The fourth-order valence-corrected chi connectivity index (χ4v) is 5.09. The van der Waals surface area contributed by atoms with E-state index in [4.69, 9.17) is 25.5 Å². The number of aromatic nitrogens is 3. The number of rotatable bonds is 10. The molecule has 1 amide bonds. The second-order valence-electron chi connectivity index (χ2n) is 10.1. The standard InChI is InChI=1S/C30H31ClN4O6/c1-4-12-39-28-25-29(33-23(32-28)15-19-7-9-21(31)10-8-19)41-27(34-25)20-13-17(2)26(18(3)14-20)40-16-24(36)35-11-5-6-22(35)30(37)38/h7-10,13-14,22H,4-6,11-12,15-16H2,1-3H3,(H,37,38)/t22-/m0/s1. The molecule has 1 atom stereocenters. The molecule has 214 valence electrons. The van der Waals surface area contributed by atoms with E-state index in [9.17, 15) is 14.7 Å². The van der Waals surface area contributed by atoms with Crippen LogP contribution < -0.4 is 9.47 Å². The van der Waals surface area contributed by atoms with Crippen LogP contribution in [-0.4, -0.2) is 62.6 Å². The van der Waals surface area contributed by atoms with Crippen molar-refractivity contribution in [1.29, 1.82) is 0 Å². The molecular formula is C30H31ClN4O6. The first-order valence-corrected chi connectivity index (χ1v) is 13.9. The predicted octanol–water partition coefficient (Wildman–Crippen LogP) is 5.39. The van der Waals surface area contributed by atoms with Gasteiger partial charge < -0.3 is 23.9 Å². The predicted molar refractivity (Wildman–Crippen MR) is 152 cm³/mol. The number of carbonyl (C=O) groups is 2. The van der Waals surface area contributed by atoms with Gasteiger partial charge in [0.1, 0.15) is 17.6 Å². The number of aliphatic carboxylic acids is 1. The molecule has 0 radical (unpaired) electrons. The van der Waals surface area contributed by atoms with Crippen LogP contribution in [0.5, 0.6) is 11.6 Å². The zero-order chi connectivity index (χ0) is 29.1. The average Bonchev–Trinajstić information content (AvgIpc) is 3.60. The van der Waals surface area contributed by atoms with Gasteiger partial charge in [-0.25, -0.2) is 9.78 Å². The maximum atomic E-state index is 12.7. The molecule has 1 saturated heterocycles. The van der Waals surface area contributed by atoms with Gasteiger partial charge >= 0.3 is 5.97 Å². The molecule has 0 bridgehead atoms. The van der Waals surface area contributed by atoms with E-state index in [0.29, 0.717) is 77.6 Å². The summed E-state index contributed by atoms with van der Waals surface area (Å²) in [5.74, 6) is 0.484. The Bertz CT molecular complexity index is 1560. The van der Waals surface area contributed by atoms with E-state index in [0.717, 1.165) is 23.1 Å². The van der Waals surface area contributed by atoms with Gasteiger partial charge in [-0.3, -0.25) is 4.79 Å². The number of amides is 1. The Labute approximate surface area is 242 Å². The molecule has 2 aromatic heterocycles.